The van der Waals surface area contributed by atoms with Crippen LogP contribution < -0.4 is 0 Å². The van der Waals surface area contributed by atoms with Gasteiger partial charge in [-0.3, -0.25) is 4.79 Å². The molecule has 2 rings (SSSR count). The van der Waals surface area contributed by atoms with Crippen molar-refractivity contribution in [1.29, 1.82) is 0 Å². The Labute approximate surface area is 70.2 Å². The first-order valence-corrected chi connectivity index (χ1v) is 4.25. The Morgan fingerprint density at radius 2 is 1.50 bits per heavy atom. The van der Waals surface area contributed by atoms with Crippen LogP contribution in [-0.2, 0) is 9.59 Å². The van der Waals surface area contributed by atoms with Gasteiger partial charge in [-0.1, -0.05) is 0 Å². The molecule has 2 aliphatic carbocycles. The highest BCUT2D eigenvalue weighted by Crippen LogP contribution is 2.37. The summed E-state index contributed by atoms with van der Waals surface area (Å²) >= 11 is 0. The molecule has 0 radical (unpaired) electrons. The standard InChI is InChI=1S/C8H11NO3/c10-7(8(11)12)9(5-1-2-5)6-3-4-6/h5-6H,1-4H2,(H,11,12). The smallest absolute Gasteiger partial charge is 0.394 e. The molecule has 0 saturated heterocycles. The lowest BCUT2D eigenvalue weighted by molar-refractivity contribution is -0.156. The first-order chi connectivity index (χ1) is 5.70. The molecule has 1 N–H and O–H groups in total. The quantitative estimate of drug-likeness (QED) is 0.602. The Morgan fingerprint density at radius 1 is 1.08 bits per heavy atom. The number of amides is 1. The zero-order valence-electron chi connectivity index (χ0n) is 6.69. The van der Waals surface area contributed by atoms with E-state index in [2.05, 4.69) is 0 Å². The molecule has 4 nitrogen and oxygen atoms in total. The summed E-state index contributed by atoms with van der Waals surface area (Å²) in [5.74, 6) is -2.02. The highest BCUT2D eigenvalue weighted by Gasteiger charge is 2.43. The van der Waals surface area contributed by atoms with Crippen LogP contribution in [0.1, 0.15) is 25.7 Å². The summed E-state index contributed by atoms with van der Waals surface area (Å²) in [7, 11) is 0. The molecule has 12 heavy (non-hydrogen) atoms. The summed E-state index contributed by atoms with van der Waals surface area (Å²) in [6.07, 6.45) is 3.93. The van der Waals surface area contributed by atoms with Gasteiger partial charge in [0.2, 0.25) is 0 Å². The summed E-state index contributed by atoms with van der Waals surface area (Å²) in [6.45, 7) is 0. The van der Waals surface area contributed by atoms with Crippen LogP contribution in [0.15, 0.2) is 0 Å². The highest BCUT2D eigenvalue weighted by atomic mass is 16.4. The predicted octanol–water partition coefficient (Wildman–Crippen LogP) is 0.224. The molecule has 66 valence electrons. The van der Waals surface area contributed by atoms with Gasteiger partial charge in [-0.2, -0.15) is 0 Å². The first-order valence-electron chi connectivity index (χ1n) is 4.25. The van der Waals surface area contributed by atoms with Crippen LogP contribution in [0, 0.1) is 0 Å². The molecule has 0 aromatic carbocycles. The number of rotatable bonds is 2. The third-order valence-corrected chi connectivity index (χ3v) is 2.30. The lowest BCUT2D eigenvalue weighted by Crippen LogP contribution is -2.39. The van der Waals surface area contributed by atoms with E-state index in [-0.39, 0.29) is 12.1 Å². The van der Waals surface area contributed by atoms with E-state index < -0.39 is 11.9 Å². The van der Waals surface area contributed by atoms with E-state index in [9.17, 15) is 9.59 Å². The molecular formula is C8H11NO3. The average Bonchev–Trinajstić information content (AvgIpc) is 2.81. The summed E-state index contributed by atoms with van der Waals surface area (Å²) in [5.41, 5.74) is 0. The van der Waals surface area contributed by atoms with Crippen LogP contribution in [-0.4, -0.2) is 34.0 Å². The second-order valence-corrected chi connectivity index (χ2v) is 3.48. The van der Waals surface area contributed by atoms with Crippen LogP contribution in [0.25, 0.3) is 0 Å². The molecular weight excluding hydrogens is 158 g/mol. The molecule has 0 unspecified atom stereocenters. The number of carboxylic acids is 1. The number of hydrogen-bond donors (Lipinski definition) is 1. The van der Waals surface area contributed by atoms with E-state index in [1.54, 1.807) is 4.90 Å². The number of aliphatic carboxylic acids is 1. The minimum absolute atomic E-state index is 0.237. The molecule has 2 saturated carbocycles. The van der Waals surface area contributed by atoms with E-state index in [1.165, 1.54) is 0 Å². The van der Waals surface area contributed by atoms with Crippen molar-refractivity contribution in [2.75, 3.05) is 0 Å². The van der Waals surface area contributed by atoms with Crippen molar-refractivity contribution >= 4 is 11.9 Å². The molecule has 0 aliphatic heterocycles. The van der Waals surface area contributed by atoms with Crippen molar-refractivity contribution in [3.05, 3.63) is 0 Å². The van der Waals surface area contributed by atoms with E-state index in [4.69, 9.17) is 5.11 Å². The van der Waals surface area contributed by atoms with Gasteiger partial charge in [0, 0.05) is 12.1 Å². The van der Waals surface area contributed by atoms with Gasteiger partial charge in [0.25, 0.3) is 0 Å². The van der Waals surface area contributed by atoms with Crippen LogP contribution in [0.2, 0.25) is 0 Å². The van der Waals surface area contributed by atoms with E-state index in [0.29, 0.717) is 0 Å². The minimum atomic E-state index is -1.31. The van der Waals surface area contributed by atoms with Crippen molar-refractivity contribution in [2.45, 2.75) is 37.8 Å². The van der Waals surface area contributed by atoms with Gasteiger partial charge in [-0.15, -0.1) is 0 Å². The fourth-order valence-electron chi connectivity index (χ4n) is 1.45. The lowest BCUT2D eigenvalue weighted by Gasteiger charge is -2.18. The third-order valence-electron chi connectivity index (χ3n) is 2.30. The molecule has 0 bridgehead atoms. The van der Waals surface area contributed by atoms with Crippen molar-refractivity contribution in [3.63, 3.8) is 0 Å². The molecule has 1 amide bonds. The Balaban J connectivity index is 2.04. The zero-order chi connectivity index (χ0) is 8.72. The predicted molar refractivity (Wildman–Crippen MR) is 40.5 cm³/mol. The molecule has 0 aromatic heterocycles. The van der Waals surface area contributed by atoms with E-state index in [1.807, 2.05) is 0 Å². The Bertz CT molecular complexity index is 218. The molecule has 4 heteroatoms. The Kier molecular flexibility index (Phi) is 1.56. The average molecular weight is 169 g/mol. The maximum atomic E-state index is 11.1. The van der Waals surface area contributed by atoms with Crippen molar-refractivity contribution in [3.8, 4) is 0 Å². The van der Waals surface area contributed by atoms with Gasteiger partial charge in [0.1, 0.15) is 0 Å². The molecule has 0 spiro atoms. The molecule has 0 heterocycles. The normalized spacial score (nSPS) is 22.0. The van der Waals surface area contributed by atoms with Gasteiger partial charge in [-0.05, 0) is 25.7 Å². The summed E-state index contributed by atoms with van der Waals surface area (Å²) < 4.78 is 0. The fraction of sp³-hybridized carbons (Fsp3) is 0.750. The summed E-state index contributed by atoms with van der Waals surface area (Å²) in [4.78, 5) is 23.1. The highest BCUT2D eigenvalue weighted by molar-refractivity contribution is 6.31. The number of carbonyl (C=O) groups is 2. The van der Waals surface area contributed by atoms with E-state index >= 15 is 0 Å². The third kappa shape index (κ3) is 1.29. The molecule has 0 aromatic rings. The molecule has 2 aliphatic rings. The topological polar surface area (TPSA) is 57.6 Å². The zero-order valence-corrected chi connectivity index (χ0v) is 6.69. The van der Waals surface area contributed by atoms with Crippen molar-refractivity contribution in [2.24, 2.45) is 0 Å². The SMILES string of the molecule is O=C(O)C(=O)N(C1CC1)C1CC1. The van der Waals surface area contributed by atoms with Gasteiger partial charge in [0.05, 0.1) is 0 Å². The monoisotopic (exact) mass is 169 g/mol. The van der Waals surface area contributed by atoms with Crippen molar-refractivity contribution < 1.29 is 14.7 Å². The van der Waals surface area contributed by atoms with Gasteiger partial charge in [-0.25, -0.2) is 4.79 Å². The number of hydrogen-bond acceptors (Lipinski definition) is 2. The largest absolute Gasteiger partial charge is 0.474 e. The van der Waals surface area contributed by atoms with Crippen LogP contribution in [0.3, 0.4) is 0 Å². The van der Waals surface area contributed by atoms with Crippen LogP contribution >= 0.6 is 0 Å². The van der Waals surface area contributed by atoms with Gasteiger partial charge in [0.15, 0.2) is 0 Å². The van der Waals surface area contributed by atoms with Crippen LogP contribution in [0.4, 0.5) is 0 Å². The number of carbonyl (C=O) groups excluding carboxylic acids is 1. The number of nitrogens with zero attached hydrogens (tertiary/aromatic N) is 1. The fourth-order valence-corrected chi connectivity index (χ4v) is 1.45. The Morgan fingerprint density at radius 3 is 1.75 bits per heavy atom. The van der Waals surface area contributed by atoms with Crippen LogP contribution in [0.5, 0.6) is 0 Å². The van der Waals surface area contributed by atoms with Gasteiger partial charge >= 0.3 is 11.9 Å². The number of carboxylic acid groups (broad SMARTS) is 1. The lowest BCUT2D eigenvalue weighted by atomic mass is 10.4. The van der Waals surface area contributed by atoms with E-state index in [0.717, 1.165) is 25.7 Å². The molecule has 0 atom stereocenters. The summed E-state index contributed by atoms with van der Waals surface area (Å²) in [6, 6.07) is 0.474. The second-order valence-electron chi connectivity index (χ2n) is 3.48. The molecule has 2 fully saturated rings. The maximum Gasteiger partial charge on any atom is 0.394 e. The minimum Gasteiger partial charge on any atom is -0.474 e. The summed E-state index contributed by atoms with van der Waals surface area (Å²) in [5, 5.41) is 8.51. The Hall–Kier alpha value is -1.06. The maximum absolute atomic E-state index is 11.1. The first kappa shape index (κ1) is 7.58. The van der Waals surface area contributed by atoms with Crippen molar-refractivity contribution in [1.82, 2.24) is 4.90 Å². The van der Waals surface area contributed by atoms with Gasteiger partial charge < -0.3 is 10.0 Å². The second kappa shape index (κ2) is 2.47.